The Bertz CT molecular complexity index is 1990. The molecule has 2 fully saturated rings. The van der Waals surface area contributed by atoms with Crippen LogP contribution < -0.4 is 21.3 Å². The van der Waals surface area contributed by atoms with Crippen molar-refractivity contribution in [1.29, 1.82) is 0 Å². The van der Waals surface area contributed by atoms with Crippen molar-refractivity contribution in [1.82, 2.24) is 31.1 Å². The van der Waals surface area contributed by atoms with Crippen molar-refractivity contribution >= 4 is 35.4 Å². The molecule has 12 nitrogen and oxygen atoms in total. The van der Waals surface area contributed by atoms with E-state index in [9.17, 15) is 46.3 Å². The number of hydrogen-bond acceptors (Lipinski definition) is 6. The SMILES string of the molecule is O=C(NCCc1ccc(F)cc1)[C@@H]1CN(C(=O)/C=C/C(=O)N2C[C@@H](C(=O)NCCc3ccc(F)cc3)[C@H](C(=O)NCCc3ccc(F)cc3)C2)C[C@H]1C(=O)NCCc1ccc(F)cc1. The highest BCUT2D eigenvalue weighted by molar-refractivity contribution is 5.99. The molecule has 16 heteroatoms. The molecular formula is C48H50F4N6O6. The number of nitrogens with one attached hydrogen (secondary N) is 4. The molecule has 336 valence electrons. The summed E-state index contributed by atoms with van der Waals surface area (Å²) in [4.78, 5) is 83.8. The third-order valence-electron chi connectivity index (χ3n) is 11.5. The zero-order valence-corrected chi connectivity index (χ0v) is 35.0. The molecule has 2 aliphatic rings. The molecule has 0 radical (unpaired) electrons. The molecule has 4 N–H and O–H groups in total. The van der Waals surface area contributed by atoms with Crippen LogP contribution in [0.3, 0.4) is 0 Å². The predicted octanol–water partition coefficient (Wildman–Crippen LogP) is 3.68. The summed E-state index contributed by atoms with van der Waals surface area (Å²) in [7, 11) is 0. The fourth-order valence-corrected chi connectivity index (χ4v) is 7.83. The highest BCUT2D eigenvalue weighted by atomic mass is 19.1. The minimum atomic E-state index is -0.935. The van der Waals surface area contributed by atoms with Gasteiger partial charge in [-0.2, -0.15) is 0 Å². The van der Waals surface area contributed by atoms with E-state index in [-0.39, 0.29) is 52.4 Å². The molecule has 6 rings (SSSR count). The molecule has 64 heavy (non-hydrogen) atoms. The summed E-state index contributed by atoms with van der Waals surface area (Å²) in [5.74, 6) is -8.41. The fraction of sp³-hybridized carbons (Fsp3) is 0.333. The van der Waals surface area contributed by atoms with Gasteiger partial charge in [-0.25, -0.2) is 17.6 Å². The average molecular weight is 883 g/mol. The van der Waals surface area contributed by atoms with Gasteiger partial charge < -0.3 is 31.1 Å². The van der Waals surface area contributed by atoms with Crippen LogP contribution in [0.25, 0.3) is 0 Å². The largest absolute Gasteiger partial charge is 0.355 e. The number of amides is 6. The standard InChI is InChI=1S/C48H50F4N6O6/c49-35-9-1-31(2-10-35)19-23-53-45(61)39-27-57(28-40(39)46(62)54-24-20-32-3-11-36(50)12-4-32)43(59)17-18-44(60)58-29-41(47(63)55-25-21-33-5-13-37(51)14-6-33)42(30-58)48(64)56-26-22-34-7-15-38(52)16-8-34/h1-18,39-42H,19-30H2,(H,53,61)(H,54,62)(H,55,63)(H,56,64)/b18-17+/t39-,40-,41-,42-/m1/s1. The summed E-state index contributed by atoms with van der Waals surface area (Å²) in [5, 5.41) is 11.3. The van der Waals surface area contributed by atoms with E-state index in [1.54, 1.807) is 48.5 Å². The molecule has 2 saturated heterocycles. The van der Waals surface area contributed by atoms with E-state index in [2.05, 4.69) is 21.3 Å². The Morgan fingerprint density at radius 1 is 0.391 bits per heavy atom. The highest BCUT2D eigenvalue weighted by Crippen LogP contribution is 2.27. The number of rotatable bonds is 18. The molecule has 4 aromatic rings. The Kier molecular flexibility index (Phi) is 16.4. The van der Waals surface area contributed by atoms with E-state index in [1.807, 2.05) is 0 Å². The number of halogens is 4. The van der Waals surface area contributed by atoms with Crippen molar-refractivity contribution in [3.63, 3.8) is 0 Å². The Hall–Kier alpha value is -6.84. The first-order chi connectivity index (χ1) is 30.8. The summed E-state index contributed by atoms with van der Waals surface area (Å²) >= 11 is 0. The molecule has 4 atom stereocenters. The molecule has 0 unspecified atom stereocenters. The van der Waals surface area contributed by atoms with Gasteiger partial charge >= 0.3 is 0 Å². The lowest BCUT2D eigenvalue weighted by Crippen LogP contribution is -2.42. The lowest BCUT2D eigenvalue weighted by Gasteiger charge is -2.17. The van der Waals surface area contributed by atoms with Crippen LogP contribution in [0.4, 0.5) is 17.6 Å². The summed E-state index contributed by atoms with van der Waals surface area (Å²) < 4.78 is 53.5. The minimum Gasteiger partial charge on any atom is -0.355 e. The predicted molar refractivity (Wildman–Crippen MR) is 229 cm³/mol. The average Bonchev–Trinajstić information content (AvgIpc) is 3.95. The molecule has 2 aliphatic heterocycles. The summed E-state index contributed by atoms with van der Waals surface area (Å²) in [5.41, 5.74) is 3.15. The highest BCUT2D eigenvalue weighted by Gasteiger charge is 2.44. The van der Waals surface area contributed by atoms with E-state index in [0.717, 1.165) is 34.4 Å². The zero-order chi connectivity index (χ0) is 45.6. The first kappa shape index (κ1) is 46.7. The van der Waals surface area contributed by atoms with Crippen LogP contribution in [-0.4, -0.2) is 97.6 Å². The van der Waals surface area contributed by atoms with Crippen molar-refractivity contribution in [3.05, 3.63) is 155 Å². The number of hydrogen-bond donors (Lipinski definition) is 4. The number of likely N-dealkylation sites (tertiary alicyclic amines) is 2. The minimum absolute atomic E-state index is 0.125. The van der Waals surface area contributed by atoms with Crippen molar-refractivity contribution in [2.24, 2.45) is 23.7 Å². The molecular weight excluding hydrogens is 833 g/mol. The summed E-state index contributed by atoms with van der Waals surface area (Å²) in [6.07, 6.45) is 3.66. The second kappa shape index (κ2) is 22.5. The summed E-state index contributed by atoms with van der Waals surface area (Å²) in [6.45, 7) is 0.272. The van der Waals surface area contributed by atoms with Gasteiger partial charge in [0, 0.05) is 64.5 Å². The van der Waals surface area contributed by atoms with Gasteiger partial charge in [-0.05, 0) is 96.5 Å². The fourth-order valence-electron chi connectivity index (χ4n) is 7.83. The third-order valence-corrected chi connectivity index (χ3v) is 11.5. The van der Waals surface area contributed by atoms with E-state index >= 15 is 0 Å². The van der Waals surface area contributed by atoms with E-state index < -0.39 is 82.4 Å². The Morgan fingerprint density at radius 2 is 0.594 bits per heavy atom. The molecule has 0 aromatic heterocycles. The Balaban J connectivity index is 1.08. The number of carbonyl (C=O) groups excluding carboxylic acids is 6. The molecule has 0 spiro atoms. The quantitative estimate of drug-likeness (QED) is 0.0884. The monoisotopic (exact) mass is 882 g/mol. The lowest BCUT2D eigenvalue weighted by atomic mass is 9.94. The molecule has 4 aromatic carbocycles. The smallest absolute Gasteiger partial charge is 0.246 e. The summed E-state index contributed by atoms with van der Waals surface area (Å²) in [6, 6.07) is 23.3. The normalized spacial score (nSPS) is 18.2. The van der Waals surface area contributed by atoms with Crippen molar-refractivity contribution in [2.45, 2.75) is 25.7 Å². The maximum absolute atomic E-state index is 13.6. The van der Waals surface area contributed by atoms with Crippen LogP contribution >= 0.6 is 0 Å². The van der Waals surface area contributed by atoms with Crippen molar-refractivity contribution in [3.8, 4) is 0 Å². The topological polar surface area (TPSA) is 157 Å². The van der Waals surface area contributed by atoms with Gasteiger partial charge in [-0.3, -0.25) is 28.8 Å². The van der Waals surface area contributed by atoms with Crippen LogP contribution in [0.15, 0.2) is 109 Å². The first-order valence-corrected chi connectivity index (χ1v) is 21.2. The van der Waals surface area contributed by atoms with Crippen LogP contribution in [0.5, 0.6) is 0 Å². The molecule has 2 heterocycles. The molecule has 0 saturated carbocycles. The maximum Gasteiger partial charge on any atom is 0.246 e. The van der Waals surface area contributed by atoms with Gasteiger partial charge in [-0.1, -0.05) is 48.5 Å². The van der Waals surface area contributed by atoms with Gasteiger partial charge in [0.25, 0.3) is 0 Å². The zero-order valence-electron chi connectivity index (χ0n) is 35.0. The van der Waals surface area contributed by atoms with Crippen molar-refractivity contribution in [2.75, 3.05) is 52.4 Å². The molecule has 0 aliphatic carbocycles. The lowest BCUT2D eigenvalue weighted by molar-refractivity contribution is -0.132. The van der Waals surface area contributed by atoms with Crippen LogP contribution in [0.2, 0.25) is 0 Å². The second-order valence-electron chi connectivity index (χ2n) is 15.9. The van der Waals surface area contributed by atoms with Crippen molar-refractivity contribution < 1.29 is 46.3 Å². The second-order valence-corrected chi connectivity index (χ2v) is 15.9. The maximum atomic E-state index is 13.6. The number of carbonyl (C=O) groups is 6. The first-order valence-electron chi connectivity index (χ1n) is 21.2. The molecule has 0 bridgehead atoms. The van der Waals surface area contributed by atoms with Gasteiger partial charge in [0.1, 0.15) is 23.3 Å². The number of nitrogens with zero attached hydrogens (tertiary/aromatic N) is 2. The molecule has 6 amide bonds. The van der Waals surface area contributed by atoms with Crippen LogP contribution in [0, 0.1) is 46.9 Å². The Labute approximate surface area is 368 Å². The van der Waals surface area contributed by atoms with Gasteiger partial charge in [0.05, 0.1) is 23.7 Å². The van der Waals surface area contributed by atoms with Gasteiger partial charge in [-0.15, -0.1) is 0 Å². The van der Waals surface area contributed by atoms with Gasteiger partial charge in [0.2, 0.25) is 35.4 Å². The van der Waals surface area contributed by atoms with E-state index in [1.165, 1.54) is 58.3 Å². The van der Waals surface area contributed by atoms with E-state index in [4.69, 9.17) is 0 Å². The van der Waals surface area contributed by atoms with E-state index in [0.29, 0.717) is 25.7 Å². The van der Waals surface area contributed by atoms with Crippen LogP contribution in [0.1, 0.15) is 22.3 Å². The van der Waals surface area contributed by atoms with Gasteiger partial charge in [0.15, 0.2) is 0 Å². The Morgan fingerprint density at radius 3 is 0.797 bits per heavy atom. The third kappa shape index (κ3) is 13.3. The van der Waals surface area contributed by atoms with Crippen LogP contribution in [-0.2, 0) is 54.5 Å². The number of benzene rings is 4.